The topological polar surface area (TPSA) is 244 Å². The van der Waals surface area contributed by atoms with Crippen molar-refractivity contribution in [1.82, 2.24) is 10.6 Å². The van der Waals surface area contributed by atoms with Gasteiger partial charge in [-0.25, -0.2) is 0 Å². The number of unbranched alkanes of at least 4 members (excludes halogenated alkanes) is 1. The Morgan fingerprint density at radius 2 is 1.20 bits per heavy atom. The van der Waals surface area contributed by atoms with Gasteiger partial charge in [-0.05, 0) is 67.4 Å². The third-order valence-electron chi connectivity index (χ3n) is 9.57. The van der Waals surface area contributed by atoms with Crippen molar-refractivity contribution in [2.24, 2.45) is 11.0 Å². The Morgan fingerprint density at radius 1 is 0.667 bits per heavy atom. The van der Waals surface area contributed by atoms with Gasteiger partial charge in [0.25, 0.3) is 0 Å². The molecule has 0 saturated heterocycles. The van der Waals surface area contributed by atoms with E-state index in [-0.39, 0.29) is 51.6 Å². The summed E-state index contributed by atoms with van der Waals surface area (Å²) in [6.45, 7) is 8.17. The van der Waals surface area contributed by atoms with Crippen LogP contribution >= 0.6 is 0 Å². The van der Waals surface area contributed by atoms with E-state index in [4.69, 9.17) is 49.5 Å². The lowest BCUT2D eigenvalue weighted by Crippen LogP contribution is -2.45. The Hall–Kier alpha value is -4.37. The number of carbonyl (C=O) groups excluding carboxylic acids is 4. The molecule has 66 heavy (non-hydrogen) atoms. The minimum atomic E-state index is -0.897. The van der Waals surface area contributed by atoms with Gasteiger partial charge in [0.15, 0.2) is 5.78 Å². The number of aliphatic hydroxyl groups is 1. The van der Waals surface area contributed by atoms with Crippen molar-refractivity contribution in [3.63, 3.8) is 0 Å². The van der Waals surface area contributed by atoms with Crippen molar-refractivity contribution in [3.8, 4) is 0 Å². The van der Waals surface area contributed by atoms with E-state index in [9.17, 15) is 24.3 Å². The molecular formula is C47H73N5O14. The molecule has 370 valence electrons. The molecule has 1 amide bonds. The maximum atomic E-state index is 13.8. The molecule has 0 aromatic heterocycles. The molecule has 2 atom stereocenters. The number of hydrogen-bond acceptors (Lipinski definition) is 16. The minimum Gasteiger partial charge on any atom is -0.393 e. The van der Waals surface area contributed by atoms with Crippen LogP contribution in [0.15, 0.2) is 59.7 Å². The first kappa shape index (κ1) is 56.0. The summed E-state index contributed by atoms with van der Waals surface area (Å²) in [6.07, 6.45) is 1.97. The summed E-state index contributed by atoms with van der Waals surface area (Å²) in [5.74, 6) is -3.11. The smallest absolute Gasteiger partial charge is 0.314 e. The van der Waals surface area contributed by atoms with Crippen LogP contribution < -0.4 is 10.6 Å². The third kappa shape index (κ3) is 31.5. The van der Waals surface area contributed by atoms with E-state index in [1.807, 2.05) is 30.3 Å². The predicted molar refractivity (Wildman–Crippen MR) is 245 cm³/mol. The molecule has 0 spiro atoms. The van der Waals surface area contributed by atoms with Gasteiger partial charge in [-0.15, -0.1) is 0 Å². The highest BCUT2D eigenvalue weighted by atomic mass is 16.6. The van der Waals surface area contributed by atoms with Crippen LogP contribution in [0.25, 0.3) is 10.4 Å². The lowest BCUT2D eigenvalue weighted by molar-refractivity contribution is -0.161. The third-order valence-corrected chi connectivity index (χ3v) is 9.57. The molecule has 0 radical (unpaired) electrons. The van der Waals surface area contributed by atoms with Gasteiger partial charge in [0.2, 0.25) is 5.91 Å². The summed E-state index contributed by atoms with van der Waals surface area (Å²) < 4.78 is 55.9. The molecule has 0 aliphatic rings. The van der Waals surface area contributed by atoms with Crippen molar-refractivity contribution >= 4 is 23.6 Å². The lowest BCUT2D eigenvalue weighted by Gasteiger charge is -2.22. The van der Waals surface area contributed by atoms with Gasteiger partial charge in [0.1, 0.15) is 0 Å². The minimum absolute atomic E-state index is 0.0526. The number of esters is 2. The summed E-state index contributed by atoms with van der Waals surface area (Å²) in [4.78, 5) is 55.6. The number of ketones is 1. The first-order valence-electron chi connectivity index (χ1n) is 23.5. The van der Waals surface area contributed by atoms with Gasteiger partial charge in [-0.1, -0.05) is 66.6 Å². The average Bonchev–Trinajstić information content (AvgIpc) is 3.33. The van der Waals surface area contributed by atoms with Crippen molar-refractivity contribution < 1.29 is 68.3 Å². The molecule has 19 heteroatoms. The quantitative estimate of drug-likeness (QED) is 0.0212. The fourth-order valence-electron chi connectivity index (χ4n) is 6.10. The number of carbonyl (C=O) groups is 4. The molecule has 2 unspecified atom stereocenters. The van der Waals surface area contributed by atoms with Gasteiger partial charge in [0.05, 0.1) is 124 Å². The van der Waals surface area contributed by atoms with E-state index < -0.39 is 29.8 Å². The van der Waals surface area contributed by atoms with E-state index in [1.54, 1.807) is 24.3 Å². The molecule has 0 saturated carbocycles. The lowest BCUT2D eigenvalue weighted by atomic mass is 9.93. The standard InChI is InChI=1S/C47H73N5O14/c1-2-49-17-7-6-11-43(44(54)36-40-13-15-41(38-53)16-14-40)51-47(57)42(35-39-9-4-3-5-10-39)37-46(56)66-45(55)12-8-19-58-21-23-60-25-27-62-29-31-64-33-34-65-32-30-63-28-26-61-24-22-59-20-18-50-52-48/h3-5,9-10,13-16,42-43,49,53H,2,6-8,11-12,17-38H2,1H3,(H,51,57)/i1T. The number of nitrogens with zero attached hydrogens (tertiary/aromatic N) is 3. The van der Waals surface area contributed by atoms with Crippen LogP contribution in [0.3, 0.4) is 0 Å². The van der Waals surface area contributed by atoms with Crippen molar-refractivity contribution in [2.45, 2.75) is 70.9 Å². The number of azide groups is 1. The molecule has 0 aliphatic carbocycles. The second kappa shape index (κ2) is 40.9. The molecule has 0 fully saturated rings. The van der Waals surface area contributed by atoms with E-state index >= 15 is 0 Å². The number of ether oxygens (including phenoxy) is 9. The Labute approximate surface area is 390 Å². The van der Waals surface area contributed by atoms with E-state index in [0.717, 1.165) is 23.1 Å². The predicted octanol–water partition coefficient (Wildman–Crippen LogP) is 4.10. The zero-order chi connectivity index (χ0) is 48.3. The summed E-state index contributed by atoms with van der Waals surface area (Å²) in [6, 6.07) is 15.4. The van der Waals surface area contributed by atoms with Crippen LogP contribution in [-0.2, 0) is 81.3 Å². The molecule has 2 aromatic rings. The molecule has 3 N–H and O–H groups in total. The maximum Gasteiger partial charge on any atom is 0.314 e. The number of rotatable bonds is 44. The molecule has 2 rings (SSSR count). The van der Waals surface area contributed by atoms with Crippen LogP contribution in [0, 0.1) is 5.92 Å². The highest BCUT2D eigenvalue weighted by molar-refractivity contribution is 5.93. The molecule has 0 heterocycles. The van der Waals surface area contributed by atoms with Crippen LogP contribution in [0.5, 0.6) is 0 Å². The largest absolute Gasteiger partial charge is 0.393 e. The van der Waals surface area contributed by atoms with Crippen molar-refractivity contribution in [1.29, 1.82) is 0 Å². The summed E-state index contributed by atoms with van der Waals surface area (Å²) >= 11 is 0. The zero-order valence-corrected chi connectivity index (χ0v) is 38.5. The number of amides is 1. The molecular weight excluding hydrogens is 859 g/mol. The highest BCUT2D eigenvalue weighted by Gasteiger charge is 2.29. The van der Waals surface area contributed by atoms with Gasteiger partial charge >= 0.3 is 11.9 Å². The number of nitrogens with one attached hydrogen (secondary N) is 2. The van der Waals surface area contributed by atoms with Crippen LogP contribution in [0.4, 0.5) is 0 Å². The Balaban J connectivity index is 1.58. The Morgan fingerprint density at radius 3 is 1.73 bits per heavy atom. The zero-order valence-electron chi connectivity index (χ0n) is 39.5. The highest BCUT2D eigenvalue weighted by Crippen LogP contribution is 2.17. The van der Waals surface area contributed by atoms with Gasteiger partial charge in [-0.3, -0.25) is 19.2 Å². The fourth-order valence-corrected chi connectivity index (χ4v) is 6.10. The van der Waals surface area contributed by atoms with Gasteiger partial charge in [-0.2, -0.15) is 0 Å². The SMILES string of the molecule is [3H]CCNCCCCC(NC(=O)C(CC(=O)OC(=O)CCCOCCOCCOCCOCCOCCOCCOCCOCCN=[N+]=[N-])Cc1ccccc1)C(=O)Cc1ccc(CO)cc1. The first-order chi connectivity index (χ1) is 32.9. The van der Waals surface area contributed by atoms with Gasteiger partial charge < -0.3 is 58.4 Å². The number of aliphatic hydroxyl groups excluding tert-OH is 1. The second-order valence-electron chi connectivity index (χ2n) is 14.8. The monoisotopic (exact) mass is 934 g/mol. The van der Waals surface area contributed by atoms with Crippen molar-refractivity contribution in [2.75, 3.05) is 125 Å². The van der Waals surface area contributed by atoms with Gasteiger partial charge in [0, 0.05) is 32.3 Å². The second-order valence-corrected chi connectivity index (χ2v) is 14.8. The Kier molecular flexibility index (Phi) is 34.6. The number of hydrogen-bond donors (Lipinski definition) is 3. The first-order valence-corrected chi connectivity index (χ1v) is 22.8. The molecule has 2 aromatic carbocycles. The number of benzene rings is 2. The van der Waals surface area contributed by atoms with E-state index in [0.29, 0.717) is 138 Å². The van der Waals surface area contributed by atoms with Crippen molar-refractivity contribution in [3.05, 3.63) is 81.7 Å². The fraction of sp³-hybridized carbons (Fsp3) is 0.660. The van der Waals surface area contributed by atoms with Crippen LogP contribution in [0.1, 0.15) is 63.5 Å². The molecule has 0 bridgehead atoms. The van der Waals surface area contributed by atoms with E-state index in [2.05, 4.69) is 20.7 Å². The summed E-state index contributed by atoms with van der Waals surface area (Å²) in [7, 11) is 0. The molecule has 19 nitrogen and oxygen atoms in total. The van der Waals surface area contributed by atoms with Crippen LogP contribution in [0.2, 0.25) is 0 Å². The average molecular weight is 934 g/mol. The van der Waals surface area contributed by atoms with Crippen LogP contribution in [-0.4, -0.2) is 160 Å². The Bertz CT molecular complexity index is 1630. The normalized spacial score (nSPS) is 12.2. The van der Waals surface area contributed by atoms with E-state index in [1.165, 1.54) is 0 Å². The molecule has 0 aliphatic heterocycles. The summed E-state index contributed by atoms with van der Waals surface area (Å²) in [5.41, 5.74) is 10.5. The number of Topliss-reactive ketones (excluding diaryl/α,β-unsaturated/α-hetero) is 1. The maximum absolute atomic E-state index is 13.8. The summed E-state index contributed by atoms with van der Waals surface area (Å²) in [5, 5.41) is 18.9.